The SMILES string of the molecule is CCO[C@H](C)C(=O)NCCc1csc(-c2ccc(C)cc2)n1. The Bertz CT molecular complexity index is 607. The third-order valence-corrected chi connectivity index (χ3v) is 4.26. The zero-order valence-corrected chi connectivity index (χ0v) is 14.1. The van der Waals surface area contributed by atoms with Crippen LogP contribution in [0.1, 0.15) is 25.1 Å². The minimum Gasteiger partial charge on any atom is -0.369 e. The van der Waals surface area contributed by atoms with Crippen LogP contribution in [0.5, 0.6) is 0 Å². The number of hydrogen-bond acceptors (Lipinski definition) is 4. The summed E-state index contributed by atoms with van der Waals surface area (Å²) in [7, 11) is 0. The first-order valence-corrected chi connectivity index (χ1v) is 8.39. The summed E-state index contributed by atoms with van der Waals surface area (Å²) in [6, 6.07) is 8.35. The second-order valence-corrected chi connectivity index (χ2v) is 6.01. The highest BCUT2D eigenvalue weighted by Crippen LogP contribution is 2.24. The van der Waals surface area contributed by atoms with E-state index >= 15 is 0 Å². The average molecular weight is 318 g/mol. The van der Waals surface area contributed by atoms with E-state index in [0.29, 0.717) is 13.2 Å². The third-order valence-electron chi connectivity index (χ3n) is 3.32. The predicted octanol–water partition coefficient (Wildman–Crippen LogP) is 3.20. The molecule has 1 heterocycles. The van der Waals surface area contributed by atoms with Crippen molar-refractivity contribution in [2.45, 2.75) is 33.3 Å². The standard InChI is InChI=1S/C17H22N2O2S/c1-4-21-13(3)16(20)18-10-9-15-11-22-17(19-15)14-7-5-12(2)6-8-14/h5-8,11,13H,4,9-10H2,1-3H3,(H,18,20)/t13-/m1/s1. The molecule has 1 aromatic heterocycles. The zero-order valence-electron chi connectivity index (χ0n) is 13.3. The smallest absolute Gasteiger partial charge is 0.248 e. The van der Waals surface area contributed by atoms with Crippen molar-refractivity contribution in [3.8, 4) is 10.6 Å². The van der Waals surface area contributed by atoms with Crippen LogP contribution in [0, 0.1) is 6.92 Å². The summed E-state index contributed by atoms with van der Waals surface area (Å²) >= 11 is 1.63. The van der Waals surface area contributed by atoms with Gasteiger partial charge < -0.3 is 10.1 Å². The van der Waals surface area contributed by atoms with Gasteiger partial charge in [0, 0.05) is 30.5 Å². The van der Waals surface area contributed by atoms with Crippen LogP contribution in [-0.4, -0.2) is 30.1 Å². The number of rotatable bonds is 7. The predicted molar refractivity (Wildman–Crippen MR) is 90.1 cm³/mol. The molecule has 22 heavy (non-hydrogen) atoms. The number of ether oxygens (including phenoxy) is 1. The summed E-state index contributed by atoms with van der Waals surface area (Å²) in [4.78, 5) is 16.4. The third kappa shape index (κ3) is 4.64. The van der Waals surface area contributed by atoms with E-state index in [1.165, 1.54) is 5.56 Å². The fourth-order valence-corrected chi connectivity index (χ4v) is 2.89. The van der Waals surface area contributed by atoms with E-state index in [9.17, 15) is 4.79 Å². The minimum absolute atomic E-state index is 0.0733. The lowest BCUT2D eigenvalue weighted by atomic mass is 10.2. The Balaban J connectivity index is 1.85. The van der Waals surface area contributed by atoms with Crippen LogP contribution in [0.15, 0.2) is 29.6 Å². The number of hydrogen-bond donors (Lipinski definition) is 1. The van der Waals surface area contributed by atoms with E-state index in [4.69, 9.17) is 4.74 Å². The Morgan fingerprint density at radius 3 is 2.77 bits per heavy atom. The molecule has 1 aromatic carbocycles. The molecule has 118 valence electrons. The van der Waals surface area contributed by atoms with Crippen molar-refractivity contribution in [2.75, 3.05) is 13.2 Å². The van der Waals surface area contributed by atoms with Crippen LogP contribution in [0.4, 0.5) is 0 Å². The molecule has 2 aromatic rings. The Morgan fingerprint density at radius 1 is 1.36 bits per heavy atom. The molecule has 2 rings (SSSR count). The zero-order chi connectivity index (χ0) is 15.9. The number of amides is 1. The normalized spacial score (nSPS) is 12.1. The van der Waals surface area contributed by atoms with E-state index < -0.39 is 6.10 Å². The van der Waals surface area contributed by atoms with E-state index in [0.717, 1.165) is 22.7 Å². The highest BCUT2D eigenvalue weighted by atomic mass is 32.1. The topological polar surface area (TPSA) is 51.2 Å². The van der Waals surface area contributed by atoms with Crippen LogP contribution in [0.25, 0.3) is 10.6 Å². The van der Waals surface area contributed by atoms with Crippen molar-refractivity contribution >= 4 is 17.2 Å². The molecule has 0 bridgehead atoms. The van der Waals surface area contributed by atoms with Crippen LogP contribution in [0.2, 0.25) is 0 Å². The van der Waals surface area contributed by atoms with Crippen LogP contribution in [0.3, 0.4) is 0 Å². The molecule has 0 aliphatic rings. The largest absolute Gasteiger partial charge is 0.369 e. The first-order valence-electron chi connectivity index (χ1n) is 7.51. The van der Waals surface area contributed by atoms with Crippen molar-refractivity contribution in [3.05, 3.63) is 40.9 Å². The molecule has 0 spiro atoms. The van der Waals surface area contributed by atoms with Crippen molar-refractivity contribution in [1.82, 2.24) is 10.3 Å². The number of benzene rings is 1. The molecule has 4 nitrogen and oxygen atoms in total. The quantitative estimate of drug-likeness (QED) is 0.853. The Labute approximate surface area is 135 Å². The first-order chi connectivity index (χ1) is 10.6. The molecular weight excluding hydrogens is 296 g/mol. The fourth-order valence-electron chi connectivity index (χ4n) is 2.03. The van der Waals surface area contributed by atoms with Gasteiger partial charge in [0.2, 0.25) is 5.91 Å². The second kappa shape index (κ2) is 8.06. The molecule has 5 heteroatoms. The summed E-state index contributed by atoms with van der Waals surface area (Å²) in [5.74, 6) is -0.0733. The van der Waals surface area contributed by atoms with Gasteiger partial charge in [-0.05, 0) is 20.8 Å². The number of aromatic nitrogens is 1. The second-order valence-electron chi connectivity index (χ2n) is 5.15. The monoisotopic (exact) mass is 318 g/mol. The number of carbonyl (C=O) groups excluding carboxylic acids is 1. The Hall–Kier alpha value is -1.72. The number of thiazole rings is 1. The van der Waals surface area contributed by atoms with Crippen molar-refractivity contribution in [1.29, 1.82) is 0 Å². The highest BCUT2D eigenvalue weighted by Gasteiger charge is 2.12. The molecule has 1 atom stereocenters. The van der Waals surface area contributed by atoms with Gasteiger partial charge in [-0.1, -0.05) is 29.8 Å². The van der Waals surface area contributed by atoms with E-state index in [-0.39, 0.29) is 5.91 Å². The summed E-state index contributed by atoms with van der Waals surface area (Å²) < 4.78 is 5.25. The van der Waals surface area contributed by atoms with Gasteiger partial charge in [-0.3, -0.25) is 4.79 Å². The number of nitrogens with zero attached hydrogens (tertiary/aromatic N) is 1. The van der Waals surface area contributed by atoms with Gasteiger partial charge in [0.05, 0.1) is 5.69 Å². The van der Waals surface area contributed by atoms with E-state index in [2.05, 4.69) is 41.5 Å². The number of carbonyl (C=O) groups is 1. The maximum absolute atomic E-state index is 11.7. The lowest BCUT2D eigenvalue weighted by Gasteiger charge is -2.11. The first kappa shape index (κ1) is 16.6. The molecule has 0 aliphatic heterocycles. The maximum atomic E-state index is 11.7. The molecule has 0 fully saturated rings. The van der Waals surface area contributed by atoms with Gasteiger partial charge in [-0.2, -0.15) is 0 Å². The van der Waals surface area contributed by atoms with Crippen LogP contribution >= 0.6 is 11.3 Å². The Kier molecular flexibility index (Phi) is 6.10. The van der Waals surface area contributed by atoms with Crippen molar-refractivity contribution in [3.63, 3.8) is 0 Å². The van der Waals surface area contributed by atoms with Crippen LogP contribution in [-0.2, 0) is 16.0 Å². The van der Waals surface area contributed by atoms with Gasteiger partial charge >= 0.3 is 0 Å². The van der Waals surface area contributed by atoms with Gasteiger partial charge in [-0.15, -0.1) is 11.3 Å². The molecule has 1 amide bonds. The summed E-state index contributed by atoms with van der Waals surface area (Å²) in [5.41, 5.74) is 3.38. The maximum Gasteiger partial charge on any atom is 0.248 e. The fraction of sp³-hybridized carbons (Fsp3) is 0.412. The van der Waals surface area contributed by atoms with E-state index in [1.807, 2.05) is 12.3 Å². The van der Waals surface area contributed by atoms with Gasteiger partial charge in [0.15, 0.2) is 0 Å². The molecule has 0 unspecified atom stereocenters. The van der Waals surface area contributed by atoms with Crippen LogP contribution < -0.4 is 5.32 Å². The van der Waals surface area contributed by atoms with Gasteiger partial charge in [0.1, 0.15) is 11.1 Å². The Morgan fingerprint density at radius 2 is 2.09 bits per heavy atom. The average Bonchev–Trinajstić information content (AvgIpc) is 2.97. The molecule has 0 aliphatic carbocycles. The van der Waals surface area contributed by atoms with E-state index in [1.54, 1.807) is 18.3 Å². The summed E-state index contributed by atoms with van der Waals surface area (Å²) in [5, 5.41) is 5.94. The lowest BCUT2D eigenvalue weighted by Crippen LogP contribution is -2.35. The molecule has 0 saturated carbocycles. The summed E-state index contributed by atoms with van der Waals surface area (Å²) in [6.45, 7) is 6.83. The van der Waals surface area contributed by atoms with Crippen molar-refractivity contribution < 1.29 is 9.53 Å². The molecule has 0 radical (unpaired) electrons. The van der Waals surface area contributed by atoms with Crippen molar-refractivity contribution in [2.24, 2.45) is 0 Å². The van der Waals surface area contributed by atoms with Gasteiger partial charge in [0.25, 0.3) is 0 Å². The molecule has 1 N–H and O–H groups in total. The van der Waals surface area contributed by atoms with Gasteiger partial charge in [-0.25, -0.2) is 4.98 Å². The minimum atomic E-state index is -0.399. The highest BCUT2D eigenvalue weighted by molar-refractivity contribution is 7.13. The molecular formula is C17H22N2O2S. The number of aryl methyl sites for hydroxylation is 1. The summed E-state index contributed by atoms with van der Waals surface area (Å²) in [6.07, 6.45) is 0.330. The lowest BCUT2D eigenvalue weighted by molar-refractivity contribution is -0.131. The molecule has 0 saturated heterocycles. The number of nitrogens with one attached hydrogen (secondary N) is 1.